The van der Waals surface area contributed by atoms with Crippen LogP contribution in [0.2, 0.25) is 0 Å². The molecule has 1 unspecified atom stereocenters. The fourth-order valence-corrected chi connectivity index (χ4v) is 2.78. The third kappa shape index (κ3) is 4.30. The summed E-state index contributed by atoms with van der Waals surface area (Å²) in [5.41, 5.74) is 2.15. The van der Waals surface area contributed by atoms with Crippen molar-refractivity contribution >= 4 is 16.8 Å². The highest BCUT2D eigenvalue weighted by Crippen LogP contribution is 2.15. The maximum atomic E-state index is 12.0. The number of benzene rings is 1. The van der Waals surface area contributed by atoms with Gasteiger partial charge in [-0.1, -0.05) is 17.7 Å². The molecule has 94 valence electrons. The van der Waals surface area contributed by atoms with Gasteiger partial charge < -0.3 is 4.74 Å². The van der Waals surface area contributed by atoms with Gasteiger partial charge in [0.05, 0.1) is 23.8 Å². The molecule has 3 nitrogen and oxygen atoms in total. The summed E-state index contributed by atoms with van der Waals surface area (Å²) in [6.45, 7) is 6.07. The van der Waals surface area contributed by atoms with Crippen molar-refractivity contribution in [1.29, 1.82) is 0 Å². The zero-order valence-corrected chi connectivity index (χ0v) is 11.3. The highest BCUT2D eigenvalue weighted by Gasteiger charge is 2.10. The summed E-state index contributed by atoms with van der Waals surface area (Å²) in [5, 5.41) is 0. The lowest BCUT2D eigenvalue weighted by Gasteiger charge is -2.06. The first kappa shape index (κ1) is 13.9. The van der Waals surface area contributed by atoms with Gasteiger partial charge in [-0.15, -0.1) is 0 Å². The molecule has 1 aromatic carbocycles. The van der Waals surface area contributed by atoms with E-state index in [1.165, 1.54) is 0 Å². The molecular weight excluding hydrogens is 236 g/mol. The van der Waals surface area contributed by atoms with Gasteiger partial charge in [0.25, 0.3) is 0 Å². The van der Waals surface area contributed by atoms with E-state index in [2.05, 4.69) is 0 Å². The van der Waals surface area contributed by atoms with Gasteiger partial charge in [0.15, 0.2) is 0 Å². The van der Waals surface area contributed by atoms with Gasteiger partial charge >= 0.3 is 5.97 Å². The van der Waals surface area contributed by atoms with E-state index in [9.17, 15) is 9.00 Å². The number of carbonyl (C=O) groups excluding carboxylic acids is 1. The van der Waals surface area contributed by atoms with Crippen molar-refractivity contribution in [3.05, 3.63) is 29.3 Å². The molecule has 17 heavy (non-hydrogen) atoms. The highest BCUT2D eigenvalue weighted by molar-refractivity contribution is 7.85. The third-order valence-corrected chi connectivity index (χ3v) is 3.90. The van der Waals surface area contributed by atoms with Crippen LogP contribution in [-0.2, 0) is 20.3 Å². The maximum absolute atomic E-state index is 12.0. The first-order valence-corrected chi connectivity index (χ1v) is 6.97. The van der Waals surface area contributed by atoms with Crippen LogP contribution in [0.25, 0.3) is 0 Å². The van der Waals surface area contributed by atoms with Crippen LogP contribution < -0.4 is 0 Å². The highest BCUT2D eigenvalue weighted by atomic mass is 32.2. The van der Waals surface area contributed by atoms with E-state index in [4.69, 9.17) is 4.74 Å². The van der Waals surface area contributed by atoms with Crippen molar-refractivity contribution in [2.45, 2.75) is 32.1 Å². The molecule has 0 spiro atoms. The molecule has 0 fully saturated rings. The number of hydrogen-bond acceptors (Lipinski definition) is 3. The molecule has 0 saturated carbocycles. The summed E-state index contributed by atoms with van der Waals surface area (Å²) in [5.74, 6) is 0.0357. The number of hydrogen-bond donors (Lipinski definition) is 0. The summed E-state index contributed by atoms with van der Waals surface area (Å²) in [6, 6.07) is 5.80. The van der Waals surface area contributed by atoms with Crippen molar-refractivity contribution < 1.29 is 13.7 Å². The number of rotatable bonds is 5. The summed E-state index contributed by atoms with van der Waals surface area (Å²) < 4.78 is 16.8. The summed E-state index contributed by atoms with van der Waals surface area (Å²) in [7, 11) is -1.13. The largest absolute Gasteiger partial charge is 0.466 e. The van der Waals surface area contributed by atoms with Crippen LogP contribution in [0.3, 0.4) is 0 Å². The van der Waals surface area contributed by atoms with Crippen molar-refractivity contribution in [2.24, 2.45) is 0 Å². The first-order valence-electron chi connectivity index (χ1n) is 5.66. The molecule has 1 aromatic rings. The van der Waals surface area contributed by atoms with Crippen molar-refractivity contribution in [3.8, 4) is 0 Å². The Morgan fingerprint density at radius 2 is 2.06 bits per heavy atom. The van der Waals surface area contributed by atoms with Gasteiger partial charge in [0, 0.05) is 10.6 Å². The molecule has 0 saturated heterocycles. The second-order valence-corrected chi connectivity index (χ2v) is 5.41. The molecule has 0 N–H and O–H groups in total. The normalized spacial score (nSPS) is 12.2. The van der Waals surface area contributed by atoms with Gasteiger partial charge in [-0.05, 0) is 32.4 Å². The van der Waals surface area contributed by atoms with Gasteiger partial charge in [-0.2, -0.15) is 0 Å². The molecule has 0 amide bonds. The minimum Gasteiger partial charge on any atom is -0.466 e. The summed E-state index contributed by atoms with van der Waals surface area (Å²) in [4.78, 5) is 12.0. The monoisotopic (exact) mass is 254 g/mol. The molecule has 0 radical (unpaired) electrons. The molecule has 0 aliphatic rings. The van der Waals surface area contributed by atoms with E-state index < -0.39 is 10.8 Å². The predicted molar refractivity (Wildman–Crippen MR) is 68.4 cm³/mol. The molecule has 0 heterocycles. The summed E-state index contributed by atoms with van der Waals surface area (Å²) >= 11 is 0. The van der Waals surface area contributed by atoms with Crippen LogP contribution in [0.5, 0.6) is 0 Å². The van der Waals surface area contributed by atoms with Crippen molar-refractivity contribution in [2.75, 3.05) is 12.4 Å². The number of carbonyl (C=O) groups is 1. The minimum absolute atomic E-state index is 0.202. The summed E-state index contributed by atoms with van der Waals surface area (Å²) in [6.07, 6.45) is 0.202. The van der Waals surface area contributed by atoms with Gasteiger partial charge in [0.2, 0.25) is 0 Å². The smallest absolute Gasteiger partial charge is 0.306 e. The Kier molecular flexibility index (Phi) is 5.35. The van der Waals surface area contributed by atoms with E-state index in [0.717, 1.165) is 16.0 Å². The van der Waals surface area contributed by atoms with Gasteiger partial charge in [0.1, 0.15) is 0 Å². The molecule has 0 bridgehead atoms. The quantitative estimate of drug-likeness (QED) is 0.758. The number of esters is 1. The fourth-order valence-electron chi connectivity index (χ4n) is 1.57. The zero-order valence-electron chi connectivity index (χ0n) is 10.5. The van der Waals surface area contributed by atoms with Crippen LogP contribution in [-0.4, -0.2) is 22.5 Å². The van der Waals surface area contributed by atoms with E-state index in [1.54, 1.807) is 6.92 Å². The van der Waals surface area contributed by atoms with E-state index >= 15 is 0 Å². The molecule has 0 aromatic heterocycles. The van der Waals surface area contributed by atoms with Crippen LogP contribution in [0.1, 0.15) is 24.5 Å². The lowest BCUT2D eigenvalue weighted by atomic mass is 10.2. The third-order valence-electron chi connectivity index (χ3n) is 2.37. The maximum Gasteiger partial charge on any atom is 0.306 e. The first-order chi connectivity index (χ1) is 8.04. The van der Waals surface area contributed by atoms with Gasteiger partial charge in [-0.3, -0.25) is 9.00 Å². The fraction of sp³-hybridized carbons (Fsp3) is 0.462. The van der Waals surface area contributed by atoms with Crippen LogP contribution >= 0.6 is 0 Å². The van der Waals surface area contributed by atoms with E-state index in [0.29, 0.717) is 12.4 Å². The molecule has 4 heteroatoms. The molecule has 1 atom stereocenters. The number of ether oxygens (including phenoxy) is 1. The average Bonchev–Trinajstić information content (AvgIpc) is 2.26. The van der Waals surface area contributed by atoms with Crippen molar-refractivity contribution in [3.63, 3.8) is 0 Å². The van der Waals surface area contributed by atoms with Crippen LogP contribution in [0.15, 0.2) is 23.1 Å². The Balaban J connectivity index is 2.61. The number of aryl methyl sites for hydroxylation is 2. The average molecular weight is 254 g/mol. The molecule has 1 rings (SSSR count). The van der Waals surface area contributed by atoms with Gasteiger partial charge in [-0.25, -0.2) is 0 Å². The molecular formula is C13H18O3S. The van der Waals surface area contributed by atoms with Crippen molar-refractivity contribution in [1.82, 2.24) is 0 Å². The van der Waals surface area contributed by atoms with Crippen LogP contribution in [0.4, 0.5) is 0 Å². The Bertz CT molecular complexity index is 427. The lowest BCUT2D eigenvalue weighted by Crippen LogP contribution is -2.10. The second-order valence-electron chi connectivity index (χ2n) is 3.87. The second kappa shape index (κ2) is 6.55. The molecule has 0 aliphatic heterocycles. The Hall–Kier alpha value is -1.16. The molecule has 0 aliphatic carbocycles. The Morgan fingerprint density at radius 1 is 1.35 bits per heavy atom. The standard InChI is InChI=1S/C13H18O3S/c1-4-16-13(14)7-8-17(15)12-6-5-10(2)9-11(12)3/h5-6,9H,4,7-8H2,1-3H3. The van der Waals surface area contributed by atoms with Crippen LogP contribution in [0, 0.1) is 13.8 Å². The Labute approximate surface area is 105 Å². The predicted octanol–water partition coefficient (Wildman–Crippen LogP) is 2.36. The minimum atomic E-state index is -1.13. The lowest BCUT2D eigenvalue weighted by molar-refractivity contribution is -0.142. The Morgan fingerprint density at radius 3 is 2.65 bits per heavy atom. The zero-order chi connectivity index (χ0) is 12.8. The van der Waals surface area contributed by atoms with E-state index in [1.807, 2.05) is 32.0 Å². The topological polar surface area (TPSA) is 43.4 Å². The SMILES string of the molecule is CCOC(=O)CCS(=O)c1ccc(C)cc1C. The van der Waals surface area contributed by atoms with E-state index in [-0.39, 0.29) is 12.4 Å².